The van der Waals surface area contributed by atoms with Crippen LogP contribution in [0.4, 0.5) is 5.82 Å². The Labute approximate surface area is 102 Å². The van der Waals surface area contributed by atoms with Crippen LogP contribution in [0.2, 0.25) is 0 Å². The van der Waals surface area contributed by atoms with Crippen LogP contribution in [0.25, 0.3) is 0 Å². The molecule has 1 heterocycles. The summed E-state index contributed by atoms with van der Waals surface area (Å²) in [6, 6.07) is 4.13. The topological polar surface area (TPSA) is 45.1 Å². The highest BCUT2D eigenvalue weighted by Gasteiger charge is 1.96. The third kappa shape index (κ3) is 5.37. The van der Waals surface area contributed by atoms with Crippen LogP contribution in [-0.4, -0.2) is 29.0 Å². The molecule has 0 aliphatic carbocycles. The van der Waals surface area contributed by atoms with E-state index >= 15 is 0 Å². The number of nitrogens with one attached hydrogen (secondary N) is 1. The van der Waals surface area contributed by atoms with E-state index in [1.54, 1.807) is 0 Å². The van der Waals surface area contributed by atoms with E-state index in [1.165, 1.54) is 5.56 Å². The summed E-state index contributed by atoms with van der Waals surface area (Å²) < 4.78 is 0. The Morgan fingerprint density at radius 3 is 2.94 bits per heavy atom. The lowest BCUT2D eigenvalue weighted by atomic mass is 10.3. The Morgan fingerprint density at radius 2 is 2.31 bits per heavy atom. The fourth-order valence-corrected chi connectivity index (χ4v) is 2.11. The van der Waals surface area contributed by atoms with Gasteiger partial charge in [-0.25, -0.2) is 4.98 Å². The van der Waals surface area contributed by atoms with Crippen molar-refractivity contribution < 1.29 is 5.11 Å². The Balaban J connectivity index is 2.27. The number of aliphatic hydroxyl groups excluding tert-OH is 1. The maximum absolute atomic E-state index is 8.65. The van der Waals surface area contributed by atoms with Gasteiger partial charge in [0.1, 0.15) is 5.82 Å². The Morgan fingerprint density at radius 1 is 1.44 bits per heavy atom. The van der Waals surface area contributed by atoms with E-state index in [4.69, 9.17) is 5.11 Å². The van der Waals surface area contributed by atoms with E-state index in [0.29, 0.717) is 0 Å². The lowest BCUT2D eigenvalue weighted by Crippen LogP contribution is -2.01. The quantitative estimate of drug-likeness (QED) is 0.685. The van der Waals surface area contributed by atoms with Gasteiger partial charge in [-0.05, 0) is 30.2 Å². The molecule has 90 valence electrons. The van der Waals surface area contributed by atoms with Crippen LogP contribution in [0.1, 0.15) is 25.3 Å². The summed E-state index contributed by atoms with van der Waals surface area (Å²) in [6.07, 6.45) is 3.90. The zero-order valence-corrected chi connectivity index (χ0v) is 10.6. The maximum Gasteiger partial charge on any atom is 0.125 e. The van der Waals surface area contributed by atoms with E-state index in [-0.39, 0.29) is 6.61 Å². The van der Waals surface area contributed by atoms with Gasteiger partial charge in [-0.3, -0.25) is 0 Å². The van der Waals surface area contributed by atoms with Gasteiger partial charge in [0.2, 0.25) is 0 Å². The number of anilines is 1. The minimum Gasteiger partial charge on any atom is -0.396 e. The van der Waals surface area contributed by atoms with Crippen LogP contribution in [0.5, 0.6) is 0 Å². The molecule has 4 heteroatoms. The second kappa shape index (κ2) is 8.42. The molecular formula is C12H20N2OS. The normalized spacial score (nSPS) is 10.4. The molecule has 0 amide bonds. The number of aliphatic hydroxyl groups is 1. The number of thioether (sulfide) groups is 1. The van der Waals surface area contributed by atoms with E-state index in [0.717, 1.165) is 36.7 Å². The first-order valence-electron chi connectivity index (χ1n) is 5.74. The molecule has 0 aromatic carbocycles. The van der Waals surface area contributed by atoms with Gasteiger partial charge in [-0.2, -0.15) is 11.8 Å². The van der Waals surface area contributed by atoms with Crippen molar-refractivity contribution in [2.24, 2.45) is 0 Å². The second-order valence-electron chi connectivity index (χ2n) is 3.61. The third-order valence-electron chi connectivity index (χ3n) is 2.10. The van der Waals surface area contributed by atoms with Crippen molar-refractivity contribution in [1.29, 1.82) is 0 Å². The summed E-state index contributed by atoms with van der Waals surface area (Å²) in [7, 11) is 0. The molecule has 0 bridgehead atoms. The third-order valence-corrected chi connectivity index (χ3v) is 3.21. The van der Waals surface area contributed by atoms with Gasteiger partial charge in [0.25, 0.3) is 0 Å². The lowest BCUT2D eigenvalue weighted by molar-refractivity contribution is 0.296. The number of aromatic nitrogens is 1. The largest absolute Gasteiger partial charge is 0.396 e. The average molecular weight is 240 g/mol. The zero-order chi connectivity index (χ0) is 11.6. The van der Waals surface area contributed by atoms with Crippen molar-refractivity contribution in [2.45, 2.75) is 25.5 Å². The molecule has 1 aromatic heterocycles. The molecule has 0 unspecified atom stereocenters. The van der Waals surface area contributed by atoms with Gasteiger partial charge in [0.05, 0.1) is 0 Å². The highest BCUT2D eigenvalue weighted by atomic mass is 32.2. The molecule has 0 saturated carbocycles. The molecule has 2 N–H and O–H groups in total. The van der Waals surface area contributed by atoms with Crippen LogP contribution in [0, 0.1) is 0 Å². The fourth-order valence-electron chi connectivity index (χ4n) is 1.22. The van der Waals surface area contributed by atoms with Gasteiger partial charge in [-0.15, -0.1) is 0 Å². The van der Waals surface area contributed by atoms with Crippen LogP contribution < -0.4 is 5.32 Å². The Bertz CT molecular complexity index is 277. The van der Waals surface area contributed by atoms with Crippen LogP contribution in [-0.2, 0) is 5.75 Å². The molecular weight excluding hydrogens is 220 g/mol. The number of pyridine rings is 1. The van der Waals surface area contributed by atoms with Crippen molar-refractivity contribution in [3.8, 4) is 0 Å². The van der Waals surface area contributed by atoms with Crippen LogP contribution >= 0.6 is 11.8 Å². The highest BCUT2D eigenvalue weighted by Crippen LogP contribution is 2.13. The number of rotatable bonds is 8. The second-order valence-corrected chi connectivity index (χ2v) is 4.71. The van der Waals surface area contributed by atoms with Gasteiger partial charge < -0.3 is 10.4 Å². The molecule has 1 rings (SSSR count). The first-order chi connectivity index (χ1) is 7.86. The summed E-state index contributed by atoms with van der Waals surface area (Å²) in [6.45, 7) is 3.39. The summed E-state index contributed by atoms with van der Waals surface area (Å²) >= 11 is 1.83. The standard InChI is InChI=1S/C12H20N2OS/c1-2-6-13-12-5-4-11(9-14-12)10-16-8-3-7-15/h4-5,9,15H,2-3,6-8,10H2,1H3,(H,13,14). The summed E-state index contributed by atoms with van der Waals surface area (Å²) in [5, 5.41) is 11.9. The smallest absolute Gasteiger partial charge is 0.125 e. The molecule has 0 saturated heterocycles. The van der Waals surface area contributed by atoms with Crippen LogP contribution in [0.15, 0.2) is 18.3 Å². The fraction of sp³-hybridized carbons (Fsp3) is 0.583. The molecule has 3 nitrogen and oxygen atoms in total. The molecule has 1 aromatic rings. The van der Waals surface area contributed by atoms with E-state index in [1.807, 2.05) is 24.0 Å². The van der Waals surface area contributed by atoms with Crippen molar-refractivity contribution >= 4 is 17.6 Å². The molecule has 0 atom stereocenters. The van der Waals surface area contributed by atoms with E-state index in [9.17, 15) is 0 Å². The van der Waals surface area contributed by atoms with Gasteiger partial charge in [0.15, 0.2) is 0 Å². The number of hydrogen-bond acceptors (Lipinski definition) is 4. The van der Waals surface area contributed by atoms with Crippen molar-refractivity contribution in [1.82, 2.24) is 4.98 Å². The monoisotopic (exact) mass is 240 g/mol. The predicted molar refractivity (Wildman–Crippen MR) is 70.9 cm³/mol. The van der Waals surface area contributed by atoms with E-state index < -0.39 is 0 Å². The predicted octanol–water partition coefficient (Wildman–Crippen LogP) is 2.52. The maximum atomic E-state index is 8.65. The van der Waals surface area contributed by atoms with Crippen molar-refractivity contribution in [3.63, 3.8) is 0 Å². The Hall–Kier alpha value is -0.740. The van der Waals surface area contributed by atoms with Crippen LogP contribution in [0.3, 0.4) is 0 Å². The van der Waals surface area contributed by atoms with Gasteiger partial charge >= 0.3 is 0 Å². The molecule has 0 aliphatic heterocycles. The minimum absolute atomic E-state index is 0.283. The number of hydrogen-bond donors (Lipinski definition) is 2. The first kappa shape index (κ1) is 13.3. The summed E-state index contributed by atoms with van der Waals surface area (Å²) in [5.74, 6) is 2.93. The first-order valence-corrected chi connectivity index (χ1v) is 6.89. The van der Waals surface area contributed by atoms with E-state index in [2.05, 4.69) is 23.3 Å². The zero-order valence-electron chi connectivity index (χ0n) is 9.78. The molecule has 16 heavy (non-hydrogen) atoms. The highest BCUT2D eigenvalue weighted by molar-refractivity contribution is 7.98. The molecule has 0 aliphatic rings. The minimum atomic E-state index is 0.283. The summed E-state index contributed by atoms with van der Waals surface area (Å²) in [5.41, 5.74) is 1.24. The SMILES string of the molecule is CCCNc1ccc(CSCCCO)cn1. The van der Waals surface area contributed by atoms with Gasteiger partial charge in [-0.1, -0.05) is 13.0 Å². The summed E-state index contributed by atoms with van der Waals surface area (Å²) in [4.78, 5) is 4.34. The lowest BCUT2D eigenvalue weighted by Gasteiger charge is -2.05. The van der Waals surface area contributed by atoms with Gasteiger partial charge in [0, 0.05) is 25.1 Å². The van der Waals surface area contributed by atoms with Crippen molar-refractivity contribution in [2.75, 3.05) is 24.2 Å². The average Bonchev–Trinajstić information content (AvgIpc) is 2.33. The number of nitrogens with zero attached hydrogens (tertiary/aromatic N) is 1. The molecule has 0 fully saturated rings. The molecule has 0 spiro atoms. The van der Waals surface area contributed by atoms with Crippen molar-refractivity contribution in [3.05, 3.63) is 23.9 Å². The molecule has 0 radical (unpaired) electrons. The Kier molecular flexibility index (Phi) is 7.01.